The van der Waals surface area contributed by atoms with Gasteiger partial charge in [-0.25, -0.2) is 0 Å². The molecule has 1 amide bonds. The van der Waals surface area contributed by atoms with E-state index in [1.54, 1.807) is 23.1 Å². The van der Waals surface area contributed by atoms with Crippen LogP contribution in [-0.4, -0.2) is 66.2 Å². The van der Waals surface area contributed by atoms with Crippen molar-refractivity contribution in [3.8, 4) is 0 Å². The minimum Gasteiger partial charge on any atom is -0.378 e. The first-order valence-corrected chi connectivity index (χ1v) is 7.96. The fraction of sp³-hybridized carbons (Fsp3) is 0.533. The molecule has 0 radical (unpaired) electrons. The van der Waals surface area contributed by atoms with Gasteiger partial charge in [0.1, 0.15) is 0 Å². The lowest BCUT2D eigenvalue weighted by atomic mass is 10.1. The van der Waals surface area contributed by atoms with E-state index in [0.717, 1.165) is 6.54 Å². The standard InChI is InChI=1S/C15H18Cl2N2O3/c1-18-2-3-22-13-8-19(7-12(13)18)15(21)14(20)9-4-10(16)6-11(17)5-9/h4-6,12-14,20H,2-3,7-8H2,1H3/t12-,13+,14+/m0/s1. The molecule has 3 rings (SSSR count). The van der Waals surface area contributed by atoms with Crippen LogP contribution in [0.15, 0.2) is 18.2 Å². The number of aliphatic hydroxyl groups is 1. The quantitative estimate of drug-likeness (QED) is 0.884. The first-order chi connectivity index (χ1) is 10.5. The second-order valence-corrected chi connectivity index (χ2v) is 6.68. The third-order valence-corrected chi connectivity index (χ3v) is 4.76. The van der Waals surface area contributed by atoms with Gasteiger partial charge in [0.25, 0.3) is 5.91 Å². The van der Waals surface area contributed by atoms with Crippen LogP contribution in [0, 0.1) is 0 Å². The Morgan fingerprint density at radius 1 is 1.32 bits per heavy atom. The number of ether oxygens (including phenoxy) is 1. The van der Waals surface area contributed by atoms with Gasteiger partial charge >= 0.3 is 0 Å². The molecule has 120 valence electrons. The van der Waals surface area contributed by atoms with Gasteiger partial charge in [-0.3, -0.25) is 9.69 Å². The Morgan fingerprint density at radius 3 is 2.64 bits per heavy atom. The predicted octanol–water partition coefficient (Wildman–Crippen LogP) is 1.57. The van der Waals surface area contributed by atoms with E-state index in [1.807, 2.05) is 7.05 Å². The van der Waals surface area contributed by atoms with E-state index in [-0.39, 0.29) is 18.1 Å². The fourth-order valence-corrected chi connectivity index (χ4v) is 3.63. The number of carbonyl (C=O) groups excluding carboxylic acids is 1. The molecule has 1 aromatic carbocycles. The predicted molar refractivity (Wildman–Crippen MR) is 84.2 cm³/mol. The fourth-order valence-electron chi connectivity index (χ4n) is 3.09. The molecular formula is C15H18Cl2N2O3. The minimum absolute atomic E-state index is 0.0119. The van der Waals surface area contributed by atoms with Gasteiger partial charge in [-0.1, -0.05) is 23.2 Å². The number of carbonyl (C=O) groups is 1. The highest BCUT2D eigenvalue weighted by Crippen LogP contribution is 2.28. The molecule has 1 N–H and O–H groups in total. The van der Waals surface area contributed by atoms with E-state index in [0.29, 0.717) is 35.3 Å². The molecule has 2 aliphatic rings. The van der Waals surface area contributed by atoms with Gasteiger partial charge in [0.15, 0.2) is 6.10 Å². The van der Waals surface area contributed by atoms with Crippen molar-refractivity contribution in [3.63, 3.8) is 0 Å². The summed E-state index contributed by atoms with van der Waals surface area (Å²) in [7, 11) is 2.03. The van der Waals surface area contributed by atoms with Crippen molar-refractivity contribution in [1.29, 1.82) is 0 Å². The van der Waals surface area contributed by atoms with Crippen LogP contribution in [0.3, 0.4) is 0 Å². The van der Waals surface area contributed by atoms with Gasteiger partial charge in [-0.15, -0.1) is 0 Å². The number of fused-ring (bicyclic) bond motifs is 1. The molecule has 0 spiro atoms. The molecule has 5 nitrogen and oxygen atoms in total. The second kappa shape index (κ2) is 6.34. The van der Waals surface area contributed by atoms with Crippen LogP contribution in [0.5, 0.6) is 0 Å². The van der Waals surface area contributed by atoms with Crippen LogP contribution in [0.25, 0.3) is 0 Å². The third-order valence-electron chi connectivity index (χ3n) is 4.33. The summed E-state index contributed by atoms with van der Waals surface area (Å²) in [4.78, 5) is 16.4. The number of aliphatic hydroxyl groups excluding tert-OH is 1. The molecule has 3 atom stereocenters. The zero-order valence-electron chi connectivity index (χ0n) is 12.2. The summed E-state index contributed by atoms with van der Waals surface area (Å²) in [6, 6.07) is 4.87. The monoisotopic (exact) mass is 344 g/mol. The normalized spacial score (nSPS) is 26.8. The number of hydrogen-bond donors (Lipinski definition) is 1. The molecule has 0 aromatic heterocycles. The number of amides is 1. The number of likely N-dealkylation sites (tertiary alicyclic amines) is 1. The Morgan fingerprint density at radius 2 is 2.00 bits per heavy atom. The molecule has 0 bridgehead atoms. The van der Waals surface area contributed by atoms with Crippen LogP contribution >= 0.6 is 23.2 Å². The lowest BCUT2D eigenvalue weighted by Gasteiger charge is -2.33. The van der Waals surface area contributed by atoms with E-state index in [9.17, 15) is 9.90 Å². The maximum atomic E-state index is 12.5. The number of nitrogens with zero attached hydrogens (tertiary/aromatic N) is 2. The summed E-state index contributed by atoms with van der Waals surface area (Å²) < 4.78 is 5.72. The Kier molecular flexibility index (Phi) is 4.61. The van der Waals surface area contributed by atoms with Crippen molar-refractivity contribution in [1.82, 2.24) is 9.80 Å². The van der Waals surface area contributed by atoms with Crippen LogP contribution in [-0.2, 0) is 9.53 Å². The van der Waals surface area contributed by atoms with Crippen LogP contribution in [0.1, 0.15) is 11.7 Å². The number of rotatable bonds is 2. The van der Waals surface area contributed by atoms with Gasteiger partial charge in [0, 0.05) is 29.7 Å². The Labute approximate surface area is 139 Å². The van der Waals surface area contributed by atoms with Crippen molar-refractivity contribution in [2.75, 3.05) is 33.3 Å². The maximum Gasteiger partial charge on any atom is 0.256 e. The summed E-state index contributed by atoms with van der Waals surface area (Å²) in [6.07, 6.45) is -1.25. The van der Waals surface area contributed by atoms with E-state index in [1.165, 1.54) is 0 Å². The molecule has 2 saturated heterocycles. The van der Waals surface area contributed by atoms with Crippen molar-refractivity contribution >= 4 is 29.1 Å². The lowest BCUT2D eigenvalue weighted by Crippen LogP contribution is -2.48. The van der Waals surface area contributed by atoms with Crippen LogP contribution in [0.4, 0.5) is 0 Å². The van der Waals surface area contributed by atoms with Gasteiger partial charge in [0.2, 0.25) is 0 Å². The van der Waals surface area contributed by atoms with E-state index >= 15 is 0 Å². The first kappa shape index (κ1) is 16.0. The van der Waals surface area contributed by atoms with Crippen molar-refractivity contribution in [2.24, 2.45) is 0 Å². The average Bonchev–Trinajstić information content (AvgIpc) is 2.90. The number of morpholine rings is 1. The third kappa shape index (κ3) is 3.09. The minimum atomic E-state index is -1.26. The van der Waals surface area contributed by atoms with Crippen molar-refractivity contribution in [2.45, 2.75) is 18.2 Å². The maximum absolute atomic E-state index is 12.5. The molecule has 0 saturated carbocycles. The molecule has 22 heavy (non-hydrogen) atoms. The van der Waals surface area contributed by atoms with E-state index < -0.39 is 6.10 Å². The van der Waals surface area contributed by atoms with Gasteiger partial charge in [0.05, 0.1) is 18.8 Å². The summed E-state index contributed by atoms with van der Waals surface area (Å²) in [6.45, 7) is 2.59. The molecular weight excluding hydrogens is 327 g/mol. The summed E-state index contributed by atoms with van der Waals surface area (Å²) in [5.74, 6) is -0.343. The zero-order chi connectivity index (χ0) is 15.9. The highest BCUT2D eigenvalue weighted by molar-refractivity contribution is 6.34. The lowest BCUT2D eigenvalue weighted by molar-refractivity contribution is -0.139. The van der Waals surface area contributed by atoms with Gasteiger partial charge < -0.3 is 14.7 Å². The smallest absolute Gasteiger partial charge is 0.256 e. The molecule has 7 heteroatoms. The Bertz CT molecular complexity index is 564. The van der Waals surface area contributed by atoms with Crippen LogP contribution in [0.2, 0.25) is 10.0 Å². The molecule has 0 unspecified atom stereocenters. The number of benzene rings is 1. The zero-order valence-corrected chi connectivity index (χ0v) is 13.7. The summed E-state index contributed by atoms with van der Waals surface area (Å²) in [5.41, 5.74) is 0.409. The van der Waals surface area contributed by atoms with Gasteiger partial charge in [-0.2, -0.15) is 0 Å². The number of likely N-dealkylation sites (N-methyl/N-ethyl adjacent to an activating group) is 1. The topological polar surface area (TPSA) is 53.0 Å². The Hall–Kier alpha value is -0.850. The SMILES string of the molecule is CN1CCO[C@@H]2CN(C(=O)[C@H](O)c3cc(Cl)cc(Cl)c3)C[C@@H]21. The summed E-state index contributed by atoms with van der Waals surface area (Å²) >= 11 is 11.9. The number of halogens is 2. The molecule has 2 fully saturated rings. The highest BCUT2D eigenvalue weighted by Gasteiger charge is 2.41. The largest absolute Gasteiger partial charge is 0.378 e. The van der Waals surface area contributed by atoms with E-state index in [2.05, 4.69) is 4.90 Å². The average molecular weight is 345 g/mol. The van der Waals surface area contributed by atoms with Crippen molar-refractivity contribution < 1.29 is 14.6 Å². The van der Waals surface area contributed by atoms with Gasteiger partial charge in [-0.05, 0) is 30.8 Å². The number of hydrogen-bond acceptors (Lipinski definition) is 4. The molecule has 0 aliphatic carbocycles. The molecule has 2 heterocycles. The molecule has 1 aromatic rings. The second-order valence-electron chi connectivity index (χ2n) is 5.81. The first-order valence-electron chi connectivity index (χ1n) is 7.20. The van der Waals surface area contributed by atoms with E-state index in [4.69, 9.17) is 27.9 Å². The summed E-state index contributed by atoms with van der Waals surface area (Å²) in [5, 5.41) is 11.1. The Balaban J connectivity index is 1.74. The molecule has 2 aliphatic heterocycles. The van der Waals surface area contributed by atoms with Crippen LogP contribution < -0.4 is 0 Å². The van der Waals surface area contributed by atoms with Crippen molar-refractivity contribution in [3.05, 3.63) is 33.8 Å². The highest BCUT2D eigenvalue weighted by atomic mass is 35.5.